The van der Waals surface area contributed by atoms with Gasteiger partial charge in [0.2, 0.25) is 23.6 Å². The number of thiazole rings is 1. The molecule has 1 aliphatic rings. The Morgan fingerprint density at radius 2 is 1.51 bits per heavy atom. The summed E-state index contributed by atoms with van der Waals surface area (Å²) in [5, 5.41) is 9.09. The predicted octanol–water partition coefficient (Wildman–Crippen LogP) is 4.89. The fraction of sp³-hybridized carbons (Fsp3) is 0.740. The number of hydrogen-bond donors (Lipinski definition) is 3. The second kappa shape index (κ2) is 30.2. The third kappa shape index (κ3) is 16.8. The monoisotopic (exact) mass is 976 g/mol. The minimum absolute atomic E-state index is 0.00171. The van der Waals surface area contributed by atoms with E-state index in [9.17, 15) is 19.2 Å². The van der Waals surface area contributed by atoms with Gasteiger partial charge in [-0.25, -0.2) is 10.9 Å². The van der Waals surface area contributed by atoms with Gasteiger partial charge in [-0.2, -0.15) is 0 Å². The van der Waals surface area contributed by atoms with E-state index in [0.717, 1.165) is 17.0 Å². The molecule has 1 aromatic heterocycles. The lowest BCUT2D eigenvalue weighted by Gasteiger charge is -2.49. The van der Waals surface area contributed by atoms with Gasteiger partial charge in [-0.1, -0.05) is 85.2 Å². The molecule has 386 valence electrons. The van der Waals surface area contributed by atoms with Crippen LogP contribution in [0.2, 0.25) is 0 Å². The van der Waals surface area contributed by atoms with Crippen LogP contribution in [0.4, 0.5) is 0 Å². The molecule has 68 heavy (non-hydrogen) atoms. The first-order valence-corrected chi connectivity index (χ1v) is 25.3. The van der Waals surface area contributed by atoms with Crippen LogP contribution in [0.25, 0.3) is 0 Å². The molecule has 9 atom stereocenters. The van der Waals surface area contributed by atoms with Crippen LogP contribution in [0.3, 0.4) is 0 Å². The number of nitrogens with two attached hydrogens (primary N) is 1. The van der Waals surface area contributed by atoms with E-state index in [-0.39, 0.29) is 59.9 Å². The molecule has 2 heterocycles. The smallest absolute Gasteiger partial charge is 0.245 e. The SMILES string of the molecule is CCC(C)C(C)(C(CC(=O)N1CCCC1C(OC)C(C)C(=O)NC(Cc1ccccc1)c1nccs1)OC)N(C)C(=O)C(NC(=O)C(C(C)C)N(C)CCOCCOCCOCCON)C(C)C. The van der Waals surface area contributed by atoms with Crippen LogP contribution in [0, 0.1) is 23.7 Å². The summed E-state index contributed by atoms with van der Waals surface area (Å²) >= 11 is 1.50. The molecular weight excluding hydrogens is 891 g/mol. The van der Waals surface area contributed by atoms with E-state index in [1.807, 2.05) is 94.1 Å². The maximum Gasteiger partial charge on any atom is 0.245 e. The Bertz CT molecular complexity index is 1760. The number of rotatable bonds is 33. The quantitative estimate of drug-likeness (QED) is 0.0647. The number of benzene rings is 1. The van der Waals surface area contributed by atoms with Crippen LogP contribution in [0.15, 0.2) is 41.9 Å². The van der Waals surface area contributed by atoms with Crippen LogP contribution in [0.5, 0.6) is 0 Å². The van der Waals surface area contributed by atoms with Crippen molar-refractivity contribution in [1.82, 2.24) is 30.3 Å². The average Bonchev–Trinajstić information content (AvgIpc) is 4.05. The Kier molecular flexibility index (Phi) is 26.1. The Morgan fingerprint density at radius 1 is 0.882 bits per heavy atom. The second-order valence-corrected chi connectivity index (χ2v) is 19.8. The fourth-order valence-electron chi connectivity index (χ4n) is 9.34. The molecule has 0 aliphatic carbocycles. The van der Waals surface area contributed by atoms with Gasteiger partial charge in [0.1, 0.15) is 11.0 Å². The largest absolute Gasteiger partial charge is 0.378 e. The van der Waals surface area contributed by atoms with E-state index in [0.29, 0.717) is 78.6 Å². The number of carbonyl (C=O) groups is 4. The van der Waals surface area contributed by atoms with Crippen molar-refractivity contribution in [3.05, 3.63) is 52.5 Å². The van der Waals surface area contributed by atoms with Crippen molar-refractivity contribution < 1.29 is 47.7 Å². The molecule has 4 amide bonds. The summed E-state index contributed by atoms with van der Waals surface area (Å²) in [4.78, 5) is 72.1. The molecule has 1 saturated heterocycles. The zero-order valence-electron chi connectivity index (χ0n) is 43.1. The number of carbonyl (C=O) groups excluding carboxylic acids is 4. The van der Waals surface area contributed by atoms with Gasteiger partial charge in [0.05, 0.1) is 94.5 Å². The number of likely N-dealkylation sites (N-methyl/N-ethyl adjacent to an activating group) is 2. The van der Waals surface area contributed by atoms with E-state index in [1.54, 1.807) is 32.4 Å². The number of nitrogens with zero attached hydrogens (tertiary/aromatic N) is 4. The summed E-state index contributed by atoms with van der Waals surface area (Å²) < 4.78 is 29.0. The number of amides is 4. The predicted molar refractivity (Wildman–Crippen MR) is 265 cm³/mol. The van der Waals surface area contributed by atoms with E-state index < -0.39 is 35.7 Å². The van der Waals surface area contributed by atoms with Gasteiger partial charge >= 0.3 is 0 Å². The van der Waals surface area contributed by atoms with Crippen molar-refractivity contribution in [3.63, 3.8) is 0 Å². The Balaban J connectivity index is 1.71. The Morgan fingerprint density at radius 3 is 2.06 bits per heavy atom. The van der Waals surface area contributed by atoms with Crippen LogP contribution in [0.1, 0.15) is 97.7 Å². The molecule has 1 aliphatic heterocycles. The molecule has 0 bridgehead atoms. The highest BCUT2D eigenvalue weighted by atomic mass is 32.1. The summed E-state index contributed by atoms with van der Waals surface area (Å²) in [6.07, 6.45) is 3.18. The third-order valence-corrected chi connectivity index (χ3v) is 14.7. The lowest BCUT2D eigenvalue weighted by atomic mass is 9.77. The molecule has 0 spiro atoms. The number of hydrogen-bond acceptors (Lipinski definition) is 14. The summed E-state index contributed by atoms with van der Waals surface area (Å²) in [6, 6.07) is 7.95. The van der Waals surface area contributed by atoms with Crippen LogP contribution in [-0.4, -0.2) is 167 Å². The van der Waals surface area contributed by atoms with Crippen molar-refractivity contribution in [2.24, 2.45) is 29.6 Å². The third-order valence-electron chi connectivity index (χ3n) is 13.8. The maximum absolute atomic E-state index is 14.8. The minimum Gasteiger partial charge on any atom is -0.378 e. The summed E-state index contributed by atoms with van der Waals surface area (Å²) in [5.74, 6) is 3.17. The maximum atomic E-state index is 14.8. The lowest BCUT2D eigenvalue weighted by molar-refractivity contribution is -0.156. The second-order valence-electron chi connectivity index (χ2n) is 18.9. The van der Waals surface area contributed by atoms with E-state index >= 15 is 0 Å². The molecule has 1 aromatic carbocycles. The fourth-order valence-corrected chi connectivity index (χ4v) is 10.0. The highest BCUT2D eigenvalue weighted by Crippen LogP contribution is 2.36. The van der Waals surface area contributed by atoms with Gasteiger partial charge in [0.25, 0.3) is 0 Å². The normalized spacial score (nSPS) is 18.2. The van der Waals surface area contributed by atoms with E-state index in [1.165, 1.54) is 11.3 Å². The average molecular weight is 976 g/mol. The van der Waals surface area contributed by atoms with Crippen LogP contribution >= 0.6 is 11.3 Å². The van der Waals surface area contributed by atoms with E-state index in [2.05, 4.69) is 34.3 Å². The first kappa shape index (κ1) is 58.7. The first-order chi connectivity index (χ1) is 32.5. The zero-order chi connectivity index (χ0) is 50.4. The number of methoxy groups -OCH3 is 2. The topological polar surface area (TPSA) is 196 Å². The summed E-state index contributed by atoms with van der Waals surface area (Å²) in [5.41, 5.74) is 0.127. The molecule has 3 rings (SSSR count). The molecule has 17 nitrogen and oxygen atoms in total. The molecule has 4 N–H and O–H groups in total. The van der Waals surface area contributed by atoms with Gasteiger partial charge in [0.15, 0.2) is 0 Å². The highest BCUT2D eigenvalue weighted by molar-refractivity contribution is 7.09. The number of ether oxygens (including phenoxy) is 5. The molecule has 0 radical (unpaired) electrons. The molecule has 2 aromatic rings. The molecule has 1 fully saturated rings. The van der Waals surface area contributed by atoms with Crippen molar-refractivity contribution >= 4 is 35.0 Å². The van der Waals surface area contributed by atoms with Crippen LogP contribution < -0.4 is 16.5 Å². The lowest BCUT2D eigenvalue weighted by Crippen LogP contribution is -2.65. The van der Waals surface area contributed by atoms with Gasteiger partial charge in [-0.05, 0) is 56.6 Å². The number of nitrogens with one attached hydrogen (secondary N) is 2. The summed E-state index contributed by atoms with van der Waals surface area (Å²) in [6.45, 7) is 19.5. The van der Waals surface area contributed by atoms with Crippen molar-refractivity contribution in [1.29, 1.82) is 0 Å². The van der Waals surface area contributed by atoms with Gasteiger partial charge in [-0.3, -0.25) is 24.1 Å². The first-order valence-electron chi connectivity index (χ1n) is 24.4. The van der Waals surface area contributed by atoms with Crippen LogP contribution in [-0.2, 0) is 54.1 Å². The molecule has 9 unspecified atom stereocenters. The molecule has 0 saturated carbocycles. The summed E-state index contributed by atoms with van der Waals surface area (Å²) in [7, 11) is 6.81. The zero-order valence-corrected chi connectivity index (χ0v) is 43.9. The Labute approximate surface area is 410 Å². The van der Waals surface area contributed by atoms with Crippen molar-refractivity contribution in [3.8, 4) is 0 Å². The molecular formula is C50H85N7O10S. The number of likely N-dealkylation sites (tertiary alicyclic amines) is 1. The van der Waals surface area contributed by atoms with Gasteiger partial charge in [-0.15, -0.1) is 11.3 Å². The van der Waals surface area contributed by atoms with Crippen molar-refractivity contribution in [2.45, 2.75) is 129 Å². The minimum atomic E-state index is -0.956. The Hall–Kier alpha value is -3.59. The molecule has 18 heteroatoms. The van der Waals surface area contributed by atoms with E-state index in [4.69, 9.17) is 29.6 Å². The van der Waals surface area contributed by atoms with Gasteiger partial charge < -0.3 is 49.0 Å². The highest BCUT2D eigenvalue weighted by Gasteiger charge is 2.49. The van der Waals surface area contributed by atoms with Crippen molar-refractivity contribution in [2.75, 3.05) is 87.7 Å². The standard InChI is InChI=1S/C50H85N7O10S/c1-13-36(6)50(8,56(10)49(61)43(34(2)3)54-47(60)44(35(4)5)55(9)23-24-64-25-26-65-27-28-66-29-30-67-51)41(62-11)33-42(58)57-22-17-20-40(57)45(63-12)37(7)46(59)53-39(48-52-21-31-68-48)32-38-18-15-14-16-19-38/h14-16,18-19,21,31,34-37,39-41,43-45H,13,17,20,22-30,32-33,51H2,1-12H3,(H,53,59)(H,54,60). The van der Waals surface area contributed by atoms with Gasteiger partial charge in [0, 0.05) is 45.9 Å². The number of aromatic nitrogens is 1.